The molecule has 0 radical (unpaired) electrons. The van der Waals surface area contributed by atoms with E-state index in [0.717, 1.165) is 5.92 Å². The number of allylic oxidation sites excluding steroid dienone is 2. The van der Waals surface area contributed by atoms with Crippen LogP contribution in [0.3, 0.4) is 0 Å². The zero-order valence-electron chi connectivity index (χ0n) is 7.90. The molecule has 1 aliphatic rings. The summed E-state index contributed by atoms with van der Waals surface area (Å²) in [4.78, 5) is 0. The Morgan fingerprint density at radius 2 is 2.27 bits per heavy atom. The van der Waals surface area contributed by atoms with E-state index >= 15 is 0 Å². The fourth-order valence-corrected chi connectivity index (χ4v) is 1.94. The summed E-state index contributed by atoms with van der Waals surface area (Å²) in [5, 5.41) is 0. The molecule has 1 rings (SSSR count). The van der Waals surface area contributed by atoms with Crippen LogP contribution in [0.1, 0.15) is 52.4 Å². The highest BCUT2D eigenvalue weighted by Gasteiger charge is 2.09. The normalized spacial score (nSPS) is 26.0. The van der Waals surface area contributed by atoms with E-state index in [2.05, 4.69) is 19.9 Å². The minimum absolute atomic E-state index is 1.02. The average Bonchev–Trinajstić information content (AvgIpc) is 2.17. The van der Waals surface area contributed by atoms with Crippen molar-refractivity contribution in [3.05, 3.63) is 11.6 Å². The van der Waals surface area contributed by atoms with Crippen molar-refractivity contribution in [2.75, 3.05) is 0 Å². The Morgan fingerprint density at radius 3 is 3.00 bits per heavy atom. The molecular weight excluding hydrogens is 132 g/mol. The van der Waals surface area contributed by atoms with E-state index in [4.69, 9.17) is 0 Å². The van der Waals surface area contributed by atoms with Gasteiger partial charge < -0.3 is 0 Å². The van der Waals surface area contributed by atoms with Crippen LogP contribution in [0.5, 0.6) is 0 Å². The molecule has 0 aromatic heterocycles. The third kappa shape index (κ3) is 3.09. The molecule has 0 aliphatic heterocycles. The summed E-state index contributed by atoms with van der Waals surface area (Å²) in [7, 11) is 0. The van der Waals surface area contributed by atoms with E-state index in [1.54, 1.807) is 5.57 Å². The molecule has 1 aliphatic carbocycles. The molecule has 0 saturated heterocycles. The van der Waals surface area contributed by atoms with E-state index in [0.29, 0.717) is 0 Å². The minimum atomic E-state index is 1.02. The van der Waals surface area contributed by atoms with Crippen LogP contribution in [0.2, 0.25) is 0 Å². The first-order valence-corrected chi connectivity index (χ1v) is 4.98. The molecule has 1 unspecified atom stereocenters. The summed E-state index contributed by atoms with van der Waals surface area (Å²) >= 11 is 0. The van der Waals surface area contributed by atoms with Gasteiger partial charge in [0, 0.05) is 0 Å². The van der Waals surface area contributed by atoms with Crippen molar-refractivity contribution < 1.29 is 0 Å². The molecular formula is C11H20. The summed E-state index contributed by atoms with van der Waals surface area (Å²) < 4.78 is 0. The Balaban J connectivity index is 2.29. The van der Waals surface area contributed by atoms with Crippen molar-refractivity contribution in [3.63, 3.8) is 0 Å². The van der Waals surface area contributed by atoms with Gasteiger partial charge in [-0.05, 0) is 38.5 Å². The van der Waals surface area contributed by atoms with Gasteiger partial charge in [0.15, 0.2) is 0 Å². The summed E-state index contributed by atoms with van der Waals surface area (Å²) in [6.07, 6.45) is 10.8. The second-order valence-corrected chi connectivity index (χ2v) is 3.82. The van der Waals surface area contributed by atoms with Crippen LogP contribution in [0.25, 0.3) is 0 Å². The SMILES string of the molecule is CCCC1CCC=C(C)CC1. The Bertz CT molecular complexity index is 133. The second kappa shape index (κ2) is 4.58. The van der Waals surface area contributed by atoms with Gasteiger partial charge in [0.05, 0.1) is 0 Å². The average molecular weight is 152 g/mol. The van der Waals surface area contributed by atoms with Crippen molar-refractivity contribution in [2.24, 2.45) is 5.92 Å². The quantitative estimate of drug-likeness (QED) is 0.526. The smallest absolute Gasteiger partial charge is 0.0320 e. The Kier molecular flexibility index (Phi) is 3.68. The van der Waals surface area contributed by atoms with Gasteiger partial charge in [-0.3, -0.25) is 0 Å². The highest BCUT2D eigenvalue weighted by Crippen LogP contribution is 2.25. The lowest BCUT2D eigenvalue weighted by molar-refractivity contribution is 0.427. The molecule has 0 aromatic rings. The molecule has 0 heteroatoms. The predicted octanol–water partition coefficient (Wildman–Crippen LogP) is 3.92. The lowest BCUT2D eigenvalue weighted by Crippen LogP contribution is -1.97. The molecule has 0 saturated carbocycles. The summed E-state index contributed by atoms with van der Waals surface area (Å²) in [5.41, 5.74) is 1.61. The monoisotopic (exact) mass is 152 g/mol. The van der Waals surface area contributed by atoms with Gasteiger partial charge in [-0.25, -0.2) is 0 Å². The van der Waals surface area contributed by atoms with E-state index in [1.807, 2.05) is 0 Å². The van der Waals surface area contributed by atoms with E-state index in [9.17, 15) is 0 Å². The van der Waals surface area contributed by atoms with Gasteiger partial charge in [0.1, 0.15) is 0 Å². The molecule has 0 spiro atoms. The predicted molar refractivity (Wildman–Crippen MR) is 50.6 cm³/mol. The van der Waals surface area contributed by atoms with Crippen molar-refractivity contribution in [3.8, 4) is 0 Å². The van der Waals surface area contributed by atoms with Gasteiger partial charge >= 0.3 is 0 Å². The molecule has 0 fully saturated rings. The maximum Gasteiger partial charge on any atom is -0.0320 e. The molecule has 0 N–H and O–H groups in total. The fraction of sp³-hybridized carbons (Fsp3) is 0.818. The Hall–Kier alpha value is -0.260. The summed E-state index contributed by atoms with van der Waals surface area (Å²) in [5.74, 6) is 1.02. The van der Waals surface area contributed by atoms with Crippen LogP contribution in [-0.4, -0.2) is 0 Å². The molecule has 11 heavy (non-hydrogen) atoms. The number of hydrogen-bond donors (Lipinski definition) is 0. The van der Waals surface area contributed by atoms with E-state index in [-0.39, 0.29) is 0 Å². The van der Waals surface area contributed by atoms with Gasteiger partial charge in [-0.2, -0.15) is 0 Å². The zero-order chi connectivity index (χ0) is 8.10. The van der Waals surface area contributed by atoms with E-state index < -0.39 is 0 Å². The molecule has 0 aromatic carbocycles. The Morgan fingerprint density at radius 1 is 1.45 bits per heavy atom. The maximum atomic E-state index is 2.43. The number of hydrogen-bond acceptors (Lipinski definition) is 0. The molecule has 0 nitrogen and oxygen atoms in total. The second-order valence-electron chi connectivity index (χ2n) is 3.82. The van der Waals surface area contributed by atoms with Gasteiger partial charge in [0.25, 0.3) is 0 Å². The van der Waals surface area contributed by atoms with Crippen molar-refractivity contribution in [1.82, 2.24) is 0 Å². The molecule has 0 amide bonds. The van der Waals surface area contributed by atoms with Crippen LogP contribution in [-0.2, 0) is 0 Å². The standard InChI is InChI=1S/C11H20/c1-3-5-11-7-4-6-10(2)8-9-11/h6,11H,3-5,7-9H2,1-2H3. The largest absolute Gasteiger partial charge is 0.0856 e. The summed E-state index contributed by atoms with van der Waals surface area (Å²) in [6, 6.07) is 0. The first kappa shape index (κ1) is 8.83. The van der Waals surface area contributed by atoms with Crippen LogP contribution >= 0.6 is 0 Å². The van der Waals surface area contributed by atoms with Gasteiger partial charge in [0.2, 0.25) is 0 Å². The highest BCUT2D eigenvalue weighted by atomic mass is 14.2. The first-order valence-electron chi connectivity index (χ1n) is 4.98. The molecule has 0 heterocycles. The lowest BCUT2D eigenvalue weighted by Gasteiger charge is -2.11. The van der Waals surface area contributed by atoms with E-state index in [1.165, 1.54) is 38.5 Å². The topological polar surface area (TPSA) is 0 Å². The van der Waals surface area contributed by atoms with Crippen molar-refractivity contribution in [1.29, 1.82) is 0 Å². The number of rotatable bonds is 2. The molecule has 64 valence electrons. The van der Waals surface area contributed by atoms with Crippen molar-refractivity contribution in [2.45, 2.75) is 52.4 Å². The Labute approximate surface area is 70.7 Å². The van der Waals surface area contributed by atoms with Crippen molar-refractivity contribution >= 4 is 0 Å². The summed E-state index contributed by atoms with van der Waals surface area (Å²) in [6.45, 7) is 4.57. The van der Waals surface area contributed by atoms with Crippen LogP contribution in [0.4, 0.5) is 0 Å². The van der Waals surface area contributed by atoms with Gasteiger partial charge in [-0.1, -0.05) is 31.4 Å². The first-order chi connectivity index (χ1) is 5.33. The fourth-order valence-electron chi connectivity index (χ4n) is 1.94. The van der Waals surface area contributed by atoms with Crippen LogP contribution < -0.4 is 0 Å². The lowest BCUT2D eigenvalue weighted by atomic mass is 9.95. The highest BCUT2D eigenvalue weighted by molar-refractivity contribution is 5.00. The van der Waals surface area contributed by atoms with Crippen LogP contribution in [0.15, 0.2) is 11.6 Å². The van der Waals surface area contributed by atoms with Crippen LogP contribution in [0, 0.1) is 5.92 Å². The third-order valence-electron chi connectivity index (χ3n) is 2.71. The third-order valence-corrected chi connectivity index (χ3v) is 2.71. The minimum Gasteiger partial charge on any atom is -0.0856 e. The molecule has 1 atom stereocenters. The molecule has 0 bridgehead atoms. The van der Waals surface area contributed by atoms with Gasteiger partial charge in [-0.15, -0.1) is 0 Å². The maximum absolute atomic E-state index is 2.43. The zero-order valence-corrected chi connectivity index (χ0v) is 7.90.